The third-order valence-corrected chi connectivity index (χ3v) is 0.896. The SMILES string of the molecule is CC(C)OC1=CC=C=C=N1. The van der Waals surface area contributed by atoms with Crippen molar-refractivity contribution in [3.63, 3.8) is 0 Å². The number of hydrogen-bond acceptors (Lipinski definition) is 2. The number of aliphatic imine (C=N–C) groups is 1. The molecule has 1 aliphatic heterocycles. The van der Waals surface area contributed by atoms with E-state index in [0.717, 1.165) is 0 Å². The van der Waals surface area contributed by atoms with Crippen LogP contribution in [0.15, 0.2) is 28.8 Å². The Labute approximate surface area is 60.2 Å². The van der Waals surface area contributed by atoms with Gasteiger partial charge in [0, 0.05) is 11.9 Å². The van der Waals surface area contributed by atoms with Gasteiger partial charge in [0.25, 0.3) is 0 Å². The molecule has 1 rings (SSSR count). The molecule has 0 atom stereocenters. The van der Waals surface area contributed by atoms with Crippen LogP contribution in [0.1, 0.15) is 13.8 Å². The lowest BCUT2D eigenvalue weighted by molar-refractivity contribution is 0.146. The first kappa shape index (κ1) is 6.88. The molecule has 2 nitrogen and oxygen atoms in total. The van der Waals surface area contributed by atoms with E-state index in [4.69, 9.17) is 4.74 Å². The normalized spacial score (nSPS) is 14.1. The van der Waals surface area contributed by atoms with Gasteiger partial charge in [0.15, 0.2) is 0 Å². The van der Waals surface area contributed by atoms with Crippen LogP contribution < -0.4 is 0 Å². The number of nitrogens with zero attached hydrogens (tertiary/aromatic N) is 1. The summed E-state index contributed by atoms with van der Waals surface area (Å²) in [6.07, 6.45) is 3.66. The van der Waals surface area contributed by atoms with Gasteiger partial charge in [0.2, 0.25) is 5.88 Å². The highest BCUT2D eigenvalue weighted by atomic mass is 16.5. The lowest BCUT2D eigenvalue weighted by Gasteiger charge is -2.07. The summed E-state index contributed by atoms with van der Waals surface area (Å²) in [6, 6.07) is 0. The second-order valence-electron chi connectivity index (χ2n) is 2.21. The molecule has 0 aliphatic carbocycles. The minimum absolute atomic E-state index is 0.170. The maximum absolute atomic E-state index is 5.25. The molecule has 0 aromatic carbocycles. The summed E-state index contributed by atoms with van der Waals surface area (Å²) in [7, 11) is 0. The van der Waals surface area contributed by atoms with E-state index in [9.17, 15) is 0 Å². The van der Waals surface area contributed by atoms with Gasteiger partial charge in [-0.15, -0.1) is 0 Å². The fraction of sp³-hybridized carbons (Fsp3) is 0.375. The smallest absolute Gasteiger partial charge is 0.223 e. The van der Waals surface area contributed by atoms with Crippen LogP contribution in [0.25, 0.3) is 0 Å². The van der Waals surface area contributed by atoms with Crippen molar-refractivity contribution in [3.8, 4) is 0 Å². The fourth-order valence-corrected chi connectivity index (χ4v) is 0.582. The number of allylic oxidation sites excluding steroid dienone is 2. The van der Waals surface area contributed by atoms with E-state index in [1.54, 1.807) is 12.2 Å². The molecular formula is C8H9NO. The molecular weight excluding hydrogens is 126 g/mol. The number of ether oxygens (including phenoxy) is 1. The van der Waals surface area contributed by atoms with Crippen LogP contribution in [0.2, 0.25) is 0 Å². The van der Waals surface area contributed by atoms with Gasteiger partial charge < -0.3 is 4.74 Å². The summed E-state index contributed by atoms with van der Waals surface area (Å²) >= 11 is 0. The fourth-order valence-electron chi connectivity index (χ4n) is 0.582. The highest BCUT2D eigenvalue weighted by Crippen LogP contribution is 2.04. The second-order valence-corrected chi connectivity index (χ2v) is 2.21. The first-order valence-corrected chi connectivity index (χ1v) is 3.20. The molecule has 52 valence electrons. The highest BCUT2D eigenvalue weighted by Gasteiger charge is 1.97. The summed E-state index contributed by atoms with van der Waals surface area (Å²) in [5.74, 6) is 3.17. The van der Waals surface area contributed by atoms with Crippen LogP contribution in [-0.2, 0) is 4.74 Å². The van der Waals surface area contributed by atoms with Gasteiger partial charge in [-0.3, -0.25) is 0 Å². The summed E-state index contributed by atoms with van der Waals surface area (Å²) < 4.78 is 5.25. The Morgan fingerprint density at radius 1 is 1.60 bits per heavy atom. The maximum atomic E-state index is 5.25. The largest absolute Gasteiger partial charge is 0.474 e. The second kappa shape index (κ2) is 3.07. The maximum Gasteiger partial charge on any atom is 0.223 e. The molecule has 0 fully saturated rings. The van der Waals surface area contributed by atoms with Crippen LogP contribution in [0.5, 0.6) is 0 Å². The molecule has 0 amide bonds. The molecule has 0 N–H and O–H groups in total. The minimum atomic E-state index is 0.170. The molecule has 10 heavy (non-hydrogen) atoms. The zero-order valence-electron chi connectivity index (χ0n) is 6.09. The molecule has 0 aromatic heterocycles. The van der Waals surface area contributed by atoms with E-state index in [0.29, 0.717) is 5.88 Å². The Balaban J connectivity index is 2.54. The van der Waals surface area contributed by atoms with Gasteiger partial charge >= 0.3 is 0 Å². The Hall–Kier alpha value is -1.23. The van der Waals surface area contributed by atoms with Gasteiger partial charge in [-0.2, -0.15) is 4.99 Å². The summed E-state index contributed by atoms with van der Waals surface area (Å²) in [5.41, 5.74) is 2.69. The lowest BCUT2D eigenvalue weighted by atomic mass is 10.4. The van der Waals surface area contributed by atoms with Gasteiger partial charge in [0.05, 0.1) is 6.10 Å². The van der Waals surface area contributed by atoms with Crippen molar-refractivity contribution in [2.24, 2.45) is 4.99 Å². The Kier molecular flexibility index (Phi) is 2.11. The van der Waals surface area contributed by atoms with Crippen molar-refractivity contribution in [3.05, 3.63) is 23.8 Å². The Morgan fingerprint density at radius 3 is 2.90 bits per heavy atom. The first-order valence-electron chi connectivity index (χ1n) is 3.20. The van der Waals surface area contributed by atoms with Crippen LogP contribution in [-0.4, -0.2) is 12.0 Å². The molecule has 0 aromatic rings. The van der Waals surface area contributed by atoms with Crippen molar-refractivity contribution in [1.29, 1.82) is 0 Å². The molecule has 2 heteroatoms. The van der Waals surface area contributed by atoms with Crippen LogP contribution in [0.3, 0.4) is 0 Å². The van der Waals surface area contributed by atoms with Crippen LogP contribution in [0, 0.1) is 0 Å². The van der Waals surface area contributed by atoms with Crippen LogP contribution in [0.4, 0.5) is 0 Å². The van der Waals surface area contributed by atoms with E-state index >= 15 is 0 Å². The summed E-state index contributed by atoms with van der Waals surface area (Å²) in [5, 5.41) is 0. The van der Waals surface area contributed by atoms with Gasteiger partial charge in [-0.1, -0.05) is 0 Å². The Morgan fingerprint density at radius 2 is 2.40 bits per heavy atom. The highest BCUT2D eigenvalue weighted by molar-refractivity contribution is 5.54. The number of rotatable bonds is 2. The molecule has 0 saturated heterocycles. The van der Waals surface area contributed by atoms with E-state index in [-0.39, 0.29) is 6.10 Å². The third kappa shape index (κ3) is 1.94. The standard InChI is InChI=1S/C8H9NO/c1-7(2)10-8-5-3-4-6-9-8/h3,5,7H,1-2H3. The zero-order chi connectivity index (χ0) is 7.40. The molecule has 1 aliphatic rings. The van der Waals surface area contributed by atoms with Crippen molar-refractivity contribution >= 4 is 5.87 Å². The predicted molar refractivity (Wildman–Crippen MR) is 39.8 cm³/mol. The molecule has 0 saturated carbocycles. The van der Waals surface area contributed by atoms with Gasteiger partial charge in [0.1, 0.15) is 0 Å². The van der Waals surface area contributed by atoms with Crippen molar-refractivity contribution in [1.82, 2.24) is 0 Å². The molecule has 1 heterocycles. The third-order valence-electron chi connectivity index (χ3n) is 0.896. The quantitative estimate of drug-likeness (QED) is 0.527. The van der Waals surface area contributed by atoms with Gasteiger partial charge in [-0.05, 0) is 25.7 Å². The number of hydrogen-bond donors (Lipinski definition) is 0. The van der Waals surface area contributed by atoms with Crippen molar-refractivity contribution in [2.45, 2.75) is 20.0 Å². The molecule has 0 radical (unpaired) electrons. The van der Waals surface area contributed by atoms with Gasteiger partial charge in [-0.25, -0.2) is 0 Å². The van der Waals surface area contributed by atoms with E-state index in [2.05, 4.69) is 16.6 Å². The molecule has 0 spiro atoms. The summed E-state index contributed by atoms with van der Waals surface area (Å²) in [4.78, 5) is 3.82. The summed E-state index contributed by atoms with van der Waals surface area (Å²) in [6.45, 7) is 3.91. The van der Waals surface area contributed by atoms with Crippen LogP contribution >= 0.6 is 0 Å². The first-order chi connectivity index (χ1) is 4.79. The zero-order valence-corrected chi connectivity index (χ0v) is 6.09. The van der Waals surface area contributed by atoms with Crippen molar-refractivity contribution < 1.29 is 4.74 Å². The lowest BCUT2D eigenvalue weighted by Crippen LogP contribution is -2.00. The minimum Gasteiger partial charge on any atom is -0.474 e. The average Bonchev–Trinajstić information content (AvgIpc) is 1.88. The van der Waals surface area contributed by atoms with E-state index in [1.807, 2.05) is 13.8 Å². The Bertz CT molecular complexity index is 238. The molecule has 0 bridgehead atoms. The van der Waals surface area contributed by atoms with Crippen molar-refractivity contribution in [2.75, 3.05) is 0 Å². The predicted octanol–water partition coefficient (Wildman–Crippen LogP) is 1.65. The monoisotopic (exact) mass is 135 g/mol. The molecule has 0 unspecified atom stereocenters. The van der Waals surface area contributed by atoms with E-state index in [1.165, 1.54) is 0 Å². The van der Waals surface area contributed by atoms with E-state index < -0.39 is 0 Å². The average molecular weight is 135 g/mol. The topological polar surface area (TPSA) is 21.6 Å².